The second-order valence-electron chi connectivity index (χ2n) is 4.04. The third-order valence-corrected chi connectivity index (χ3v) is 2.35. The van der Waals surface area contributed by atoms with E-state index in [4.69, 9.17) is 5.11 Å². The Morgan fingerprint density at radius 1 is 1.29 bits per heavy atom. The van der Waals surface area contributed by atoms with Gasteiger partial charge in [0.05, 0.1) is 5.56 Å². The van der Waals surface area contributed by atoms with Crippen molar-refractivity contribution in [2.45, 2.75) is 6.42 Å². The van der Waals surface area contributed by atoms with Gasteiger partial charge in [-0.3, -0.25) is 4.79 Å². The number of hydrogen-bond donors (Lipinski definition) is 2. The highest BCUT2D eigenvalue weighted by molar-refractivity contribution is 6.40. The van der Waals surface area contributed by atoms with E-state index >= 15 is 0 Å². The minimum Gasteiger partial charge on any atom is -0.507 e. The molecular formula is C12H15NO4. The van der Waals surface area contributed by atoms with Crippen LogP contribution in [0.5, 0.6) is 5.75 Å². The van der Waals surface area contributed by atoms with E-state index in [0.717, 1.165) is 12.1 Å². The molecule has 0 heterocycles. The van der Waals surface area contributed by atoms with Crippen LogP contribution in [0.2, 0.25) is 0 Å². The van der Waals surface area contributed by atoms with E-state index in [1.807, 2.05) is 19.0 Å². The van der Waals surface area contributed by atoms with Crippen LogP contribution in [0.15, 0.2) is 18.2 Å². The molecule has 1 aromatic rings. The Kier molecular flexibility index (Phi) is 4.23. The van der Waals surface area contributed by atoms with Crippen molar-refractivity contribution < 1.29 is 19.8 Å². The van der Waals surface area contributed by atoms with Gasteiger partial charge in [-0.1, -0.05) is 6.07 Å². The number of carboxylic acids is 1. The first kappa shape index (κ1) is 13.2. The van der Waals surface area contributed by atoms with Gasteiger partial charge in [0.25, 0.3) is 5.78 Å². The van der Waals surface area contributed by atoms with Gasteiger partial charge >= 0.3 is 5.97 Å². The molecule has 5 nitrogen and oxygen atoms in total. The zero-order valence-corrected chi connectivity index (χ0v) is 9.80. The Morgan fingerprint density at radius 2 is 1.94 bits per heavy atom. The molecule has 92 valence electrons. The predicted octanol–water partition coefficient (Wildman–Crippen LogP) is 0.764. The van der Waals surface area contributed by atoms with E-state index in [9.17, 15) is 14.7 Å². The molecule has 0 amide bonds. The number of aromatic hydroxyl groups is 1. The minimum atomic E-state index is -1.56. The topological polar surface area (TPSA) is 77.8 Å². The molecule has 0 saturated heterocycles. The molecule has 0 atom stereocenters. The summed E-state index contributed by atoms with van der Waals surface area (Å²) in [6.07, 6.45) is 0.688. The highest BCUT2D eigenvalue weighted by Crippen LogP contribution is 2.19. The number of aliphatic carboxylic acids is 1. The molecule has 0 bridgehead atoms. The van der Waals surface area contributed by atoms with E-state index in [-0.39, 0.29) is 11.3 Å². The standard InChI is InChI=1S/C12H15NO4/c1-13(2)6-5-8-3-4-10(14)9(7-8)11(15)12(16)17/h3-4,7,14H,5-6H2,1-2H3,(H,16,17). The van der Waals surface area contributed by atoms with Gasteiger partial charge < -0.3 is 15.1 Å². The fourth-order valence-electron chi connectivity index (χ4n) is 1.39. The zero-order chi connectivity index (χ0) is 13.0. The monoisotopic (exact) mass is 237 g/mol. The van der Waals surface area contributed by atoms with Gasteiger partial charge in [-0.25, -0.2) is 4.79 Å². The van der Waals surface area contributed by atoms with Crippen molar-refractivity contribution in [2.75, 3.05) is 20.6 Å². The van der Waals surface area contributed by atoms with Crippen LogP contribution in [0.4, 0.5) is 0 Å². The first-order valence-corrected chi connectivity index (χ1v) is 5.16. The van der Waals surface area contributed by atoms with Crippen LogP contribution in [0.25, 0.3) is 0 Å². The number of phenols is 1. The smallest absolute Gasteiger partial charge is 0.377 e. The minimum absolute atomic E-state index is 0.159. The van der Waals surface area contributed by atoms with Crippen LogP contribution in [0.3, 0.4) is 0 Å². The second-order valence-corrected chi connectivity index (χ2v) is 4.04. The number of rotatable bonds is 5. The van der Waals surface area contributed by atoms with Gasteiger partial charge in [0.15, 0.2) is 0 Å². The molecule has 0 fully saturated rings. The largest absolute Gasteiger partial charge is 0.507 e. The number of carbonyl (C=O) groups excluding carboxylic acids is 1. The molecule has 0 radical (unpaired) electrons. The van der Waals surface area contributed by atoms with E-state index in [1.54, 1.807) is 6.07 Å². The van der Waals surface area contributed by atoms with E-state index < -0.39 is 11.8 Å². The molecule has 0 saturated carbocycles. The second kappa shape index (κ2) is 5.45. The summed E-state index contributed by atoms with van der Waals surface area (Å²) in [5.74, 6) is -2.95. The molecule has 0 aromatic heterocycles. The number of hydrogen-bond acceptors (Lipinski definition) is 4. The number of ketones is 1. The Labute approximate surface area is 99.3 Å². The lowest BCUT2D eigenvalue weighted by atomic mass is 10.0. The summed E-state index contributed by atoms with van der Waals surface area (Å²) in [6, 6.07) is 4.45. The molecule has 0 aliphatic rings. The average molecular weight is 237 g/mol. The highest BCUT2D eigenvalue weighted by Gasteiger charge is 2.18. The molecule has 5 heteroatoms. The molecular weight excluding hydrogens is 222 g/mol. The van der Waals surface area contributed by atoms with Gasteiger partial charge in [0.1, 0.15) is 5.75 Å². The number of Topliss-reactive ketones (excluding diaryl/α,β-unsaturated/α-hetero) is 1. The predicted molar refractivity (Wildman–Crippen MR) is 62.3 cm³/mol. The van der Waals surface area contributed by atoms with Crippen molar-refractivity contribution >= 4 is 11.8 Å². The van der Waals surface area contributed by atoms with Crippen LogP contribution >= 0.6 is 0 Å². The van der Waals surface area contributed by atoms with Crippen molar-refractivity contribution in [3.63, 3.8) is 0 Å². The molecule has 1 rings (SSSR count). The van der Waals surface area contributed by atoms with Gasteiger partial charge in [-0.2, -0.15) is 0 Å². The molecule has 0 aliphatic heterocycles. The summed E-state index contributed by atoms with van der Waals surface area (Å²) in [7, 11) is 3.84. The number of benzene rings is 1. The van der Waals surface area contributed by atoms with Crippen molar-refractivity contribution in [3.05, 3.63) is 29.3 Å². The summed E-state index contributed by atoms with van der Waals surface area (Å²) in [5.41, 5.74) is 0.662. The summed E-state index contributed by atoms with van der Waals surface area (Å²) in [4.78, 5) is 23.8. The van der Waals surface area contributed by atoms with Crippen molar-refractivity contribution in [3.8, 4) is 5.75 Å². The fourth-order valence-corrected chi connectivity index (χ4v) is 1.39. The molecule has 0 spiro atoms. The maximum absolute atomic E-state index is 11.3. The molecule has 17 heavy (non-hydrogen) atoms. The third-order valence-electron chi connectivity index (χ3n) is 2.35. The van der Waals surface area contributed by atoms with E-state index in [2.05, 4.69) is 0 Å². The first-order chi connectivity index (χ1) is 7.91. The number of carboxylic acid groups (broad SMARTS) is 1. The maximum atomic E-state index is 11.3. The van der Waals surface area contributed by atoms with Gasteiger partial charge in [-0.15, -0.1) is 0 Å². The number of nitrogens with zero attached hydrogens (tertiary/aromatic N) is 1. The molecule has 0 unspecified atom stereocenters. The van der Waals surface area contributed by atoms with E-state index in [0.29, 0.717) is 6.42 Å². The number of phenolic OH excluding ortho intramolecular Hbond substituents is 1. The van der Waals surface area contributed by atoms with Crippen LogP contribution < -0.4 is 0 Å². The SMILES string of the molecule is CN(C)CCc1ccc(O)c(C(=O)C(=O)O)c1. The molecule has 1 aromatic carbocycles. The lowest BCUT2D eigenvalue weighted by Gasteiger charge is -2.10. The average Bonchev–Trinajstić information content (AvgIpc) is 2.26. The first-order valence-electron chi connectivity index (χ1n) is 5.16. The third kappa shape index (κ3) is 3.57. The summed E-state index contributed by atoms with van der Waals surface area (Å²) < 4.78 is 0. The zero-order valence-electron chi connectivity index (χ0n) is 9.80. The lowest BCUT2D eigenvalue weighted by molar-refractivity contribution is -0.131. The Morgan fingerprint density at radius 3 is 2.47 bits per heavy atom. The summed E-state index contributed by atoms with van der Waals surface area (Å²) in [5, 5.41) is 18.0. The number of carbonyl (C=O) groups is 2. The van der Waals surface area contributed by atoms with Crippen LogP contribution in [0, 0.1) is 0 Å². The summed E-state index contributed by atoms with van der Waals surface area (Å²) in [6.45, 7) is 0.783. The van der Waals surface area contributed by atoms with Gasteiger partial charge in [-0.05, 0) is 38.2 Å². The highest BCUT2D eigenvalue weighted by atomic mass is 16.4. The molecule has 0 aliphatic carbocycles. The number of likely N-dealkylation sites (N-methyl/N-ethyl adjacent to an activating group) is 1. The van der Waals surface area contributed by atoms with Crippen LogP contribution in [-0.2, 0) is 11.2 Å². The van der Waals surface area contributed by atoms with Crippen LogP contribution in [0.1, 0.15) is 15.9 Å². The van der Waals surface area contributed by atoms with Crippen molar-refractivity contribution in [2.24, 2.45) is 0 Å². The van der Waals surface area contributed by atoms with Crippen molar-refractivity contribution in [1.82, 2.24) is 4.90 Å². The Bertz CT molecular complexity index is 440. The van der Waals surface area contributed by atoms with Crippen LogP contribution in [-0.4, -0.2) is 47.5 Å². The maximum Gasteiger partial charge on any atom is 0.377 e. The molecule has 2 N–H and O–H groups in total. The summed E-state index contributed by atoms with van der Waals surface area (Å²) >= 11 is 0. The lowest BCUT2D eigenvalue weighted by Crippen LogP contribution is -2.16. The van der Waals surface area contributed by atoms with Gasteiger partial charge in [0, 0.05) is 6.54 Å². The Hall–Kier alpha value is -1.88. The Balaban J connectivity index is 2.94. The quantitative estimate of drug-likeness (QED) is 0.584. The van der Waals surface area contributed by atoms with E-state index in [1.165, 1.54) is 12.1 Å². The normalized spacial score (nSPS) is 10.5. The fraction of sp³-hybridized carbons (Fsp3) is 0.333. The van der Waals surface area contributed by atoms with Gasteiger partial charge in [0.2, 0.25) is 0 Å². The van der Waals surface area contributed by atoms with Crippen molar-refractivity contribution in [1.29, 1.82) is 0 Å².